The van der Waals surface area contributed by atoms with E-state index in [1.165, 1.54) is 0 Å². The van der Waals surface area contributed by atoms with Crippen molar-refractivity contribution in [1.29, 1.82) is 0 Å². The van der Waals surface area contributed by atoms with Crippen molar-refractivity contribution in [1.82, 2.24) is 4.90 Å². The third kappa shape index (κ3) is 5.39. The molecule has 1 aliphatic heterocycles. The van der Waals surface area contributed by atoms with Gasteiger partial charge in [0.25, 0.3) is 5.91 Å². The molecule has 0 spiro atoms. The number of anilines is 2. The van der Waals surface area contributed by atoms with Gasteiger partial charge in [-0.2, -0.15) is 0 Å². The van der Waals surface area contributed by atoms with Crippen LogP contribution in [0, 0.1) is 6.92 Å². The van der Waals surface area contributed by atoms with Crippen LogP contribution in [0.15, 0.2) is 48.5 Å². The van der Waals surface area contributed by atoms with Crippen molar-refractivity contribution >= 4 is 23.2 Å². The number of para-hydroxylation sites is 1. The summed E-state index contributed by atoms with van der Waals surface area (Å²) >= 11 is 0. The van der Waals surface area contributed by atoms with E-state index in [-0.39, 0.29) is 24.5 Å². The molecule has 0 aromatic heterocycles. The van der Waals surface area contributed by atoms with Crippen LogP contribution in [0.4, 0.5) is 11.4 Å². The van der Waals surface area contributed by atoms with Crippen LogP contribution in [0.25, 0.3) is 0 Å². The molecular formula is C21H25N3O3. The van der Waals surface area contributed by atoms with Crippen molar-refractivity contribution in [2.45, 2.75) is 25.9 Å². The minimum Gasteiger partial charge on any atom is -0.392 e. The number of piperidine rings is 1. The molecule has 0 unspecified atom stereocenters. The van der Waals surface area contributed by atoms with Crippen LogP contribution in [0.1, 0.15) is 28.8 Å². The predicted molar refractivity (Wildman–Crippen MR) is 106 cm³/mol. The average Bonchev–Trinajstić information content (AvgIpc) is 2.62. The number of aryl methyl sites for hydroxylation is 1. The third-order valence-corrected chi connectivity index (χ3v) is 4.57. The summed E-state index contributed by atoms with van der Waals surface area (Å²) in [6.07, 6.45) is 1.28. The molecule has 2 amide bonds. The first-order chi connectivity index (χ1) is 13.0. The van der Waals surface area contributed by atoms with Crippen LogP contribution in [0.5, 0.6) is 0 Å². The highest BCUT2D eigenvalue weighted by molar-refractivity contribution is 6.10. The molecule has 1 aliphatic rings. The van der Waals surface area contributed by atoms with Gasteiger partial charge in [0.2, 0.25) is 5.91 Å². The highest BCUT2D eigenvalue weighted by Crippen LogP contribution is 2.18. The minimum atomic E-state index is -0.376. The van der Waals surface area contributed by atoms with Crippen LogP contribution in [0.3, 0.4) is 0 Å². The van der Waals surface area contributed by atoms with Crippen molar-refractivity contribution in [2.75, 3.05) is 30.3 Å². The molecule has 1 saturated heterocycles. The maximum Gasteiger partial charge on any atom is 0.257 e. The summed E-state index contributed by atoms with van der Waals surface area (Å²) in [7, 11) is 0. The van der Waals surface area contributed by atoms with E-state index in [0.717, 1.165) is 24.9 Å². The van der Waals surface area contributed by atoms with Gasteiger partial charge in [0.05, 0.1) is 23.9 Å². The minimum absolute atomic E-state index is 0.195. The van der Waals surface area contributed by atoms with Gasteiger partial charge in [0.15, 0.2) is 0 Å². The van der Waals surface area contributed by atoms with Crippen molar-refractivity contribution in [3.05, 3.63) is 59.7 Å². The molecule has 0 saturated carbocycles. The monoisotopic (exact) mass is 367 g/mol. The number of aliphatic hydroxyl groups excluding tert-OH is 1. The second-order valence-electron chi connectivity index (χ2n) is 6.95. The van der Waals surface area contributed by atoms with Crippen LogP contribution >= 0.6 is 0 Å². The summed E-state index contributed by atoms with van der Waals surface area (Å²) in [6.45, 7) is 3.45. The Morgan fingerprint density at radius 3 is 2.74 bits per heavy atom. The van der Waals surface area contributed by atoms with Crippen molar-refractivity contribution in [3.8, 4) is 0 Å². The van der Waals surface area contributed by atoms with E-state index in [1.807, 2.05) is 36.1 Å². The Labute approximate surface area is 159 Å². The lowest BCUT2D eigenvalue weighted by Gasteiger charge is -2.29. The quantitative estimate of drug-likeness (QED) is 0.759. The van der Waals surface area contributed by atoms with Gasteiger partial charge in [0.1, 0.15) is 0 Å². The third-order valence-electron chi connectivity index (χ3n) is 4.57. The molecule has 27 heavy (non-hydrogen) atoms. The molecule has 3 N–H and O–H groups in total. The Morgan fingerprint density at radius 2 is 1.96 bits per heavy atom. The van der Waals surface area contributed by atoms with Crippen LogP contribution in [-0.4, -0.2) is 47.6 Å². The predicted octanol–water partition coefficient (Wildman–Crippen LogP) is 2.64. The summed E-state index contributed by atoms with van der Waals surface area (Å²) in [5.41, 5.74) is 2.65. The number of hydrogen-bond donors (Lipinski definition) is 3. The Kier molecular flexibility index (Phi) is 6.21. The van der Waals surface area contributed by atoms with E-state index in [9.17, 15) is 14.7 Å². The molecule has 1 heterocycles. The van der Waals surface area contributed by atoms with Gasteiger partial charge in [-0.1, -0.05) is 24.3 Å². The Hall–Kier alpha value is -2.70. The number of likely N-dealkylation sites (tertiary alicyclic amines) is 1. The van der Waals surface area contributed by atoms with E-state index in [1.54, 1.807) is 24.3 Å². The number of β-amino-alcohol motifs (C(OH)–C–C–N with tert-alkyl or cyclic N) is 1. The SMILES string of the molecule is Cc1cccc(NC(=O)c2ccccc2NC(=O)CN2CCC[C@H](O)C2)c1. The molecule has 1 fully saturated rings. The van der Waals surface area contributed by atoms with E-state index in [2.05, 4.69) is 10.6 Å². The van der Waals surface area contributed by atoms with Gasteiger partial charge >= 0.3 is 0 Å². The van der Waals surface area contributed by atoms with E-state index < -0.39 is 0 Å². The van der Waals surface area contributed by atoms with Gasteiger partial charge in [-0.05, 0) is 56.1 Å². The highest BCUT2D eigenvalue weighted by atomic mass is 16.3. The lowest BCUT2D eigenvalue weighted by atomic mass is 10.1. The first-order valence-corrected chi connectivity index (χ1v) is 9.18. The van der Waals surface area contributed by atoms with Gasteiger partial charge in [-0.15, -0.1) is 0 Å². The smallest absolute Gasteiger partial charge is 0.257 e. The number of aliphatic hydroxyl groups is 1. The molecule has 1 atom stereocenters. The maximum absolute atomic E-state index is 12.7. The van der Waals surface area contributed by atoms with E-state index in [4.69, 9.17) is 0 Å². The van der Waals surface area contributed by atoms with Crippen LogP contribution < -0.4 is 10.6 Å². The van der Waals surface area contributed by atoms with E-state index >= 15 is 0 Å². The summed E-state index contributed by atoms with van der Waals surface area (Å²) in [4.78, 5) is 27.0. The molecule has 6 heteroatoms. The van der Waals surface area contributed by atoms with Gasteiger partial charge in [-0.25, -0.2) is 0 Å². The maximum atomic E-state index is 12.7. The van der Waals surface area contributed by atoms with Crippen molar-refractivity contribution in [3.63, 3.8) is 0 Å². The number of carbonyl (C=O) groups is 2. The largest absolute Gasteiger partial charge is 0.392 e. The number of carbonyl (C=O) groups excluding carboxylic acids is 2. The average molecular weight is 367 g/mol. The van der Waals surface area contributed by atoms with Gasteiger partial charge in [0, 0.05) is 12.2 Å². The Balaban J connectivity index is 1.66. The Morgan fingerprint density at radius 1 is 1.15 bits per heavy atom. The van der Waals surface area contributed by atoms with Gasteiger partial charge < -0.3 is 15.7 Å². The summed E-state index contributed by atoms with van der Waals surface area (Å²) in [5, 5.41) is 15.4. The fraction of sp³-hybridized carbons (Fsp3) is 0.333. The molecule has 2 aromatic carbocycles. The zero-order chi connectivity index (χ0) is 19.2. The number of benzene rings is 2. The van der Waals surface area contributed by atoms with E-state index in [0.29, 0.717) is 23.5 Å². The molecule has 6 nitrogen and oxygen atoms in total. The normalized spacial score (nSPS) is 17.3. The molecule has 0 radical (unpaired) electrons. The van der Waals surface area contributed by atoms with Crippen LogP contribution in [0.2, 0.25) is 0 Å². The lowest BCUT2D eigenvalue weighted by molar-refractivity contribution is -0.118. The zero-order valence-electron chi connectivity index (χ0n) is 15.4. The fourth-order valence-corrected chi connectivity index (χ4v) is 3.28. The summed E-state index contributed by atoms with van der Waals surface area (Å²) in [6, 6.07) is 14.5. The lowest BCUT2D eigenvalue weighted by Crippen LogP contribution is -2.42. The van der Waals surface area contributed by atoms with Crippen molar-refractivity contribution in [2.24, 2.45) is 0 Å². The number of nitrogens with one attached hydrogen (secondary N) is 2. The zero-order valence-corrected chi connectivity index (χ0v) is 15.4. The molecule has 3 rings (SSSR count). The summed E-state index contributed by atoms with van der Waals surface area (Å²) in [5.74, 6) is -0.468. The second-order valence-corrected chi connectivity index (χ2v) is 6.95. The van der Waals surface area contributed by atoms with Crippen molar-refractivity contribution < 1.29 is 14.7 Å². The summed E-state index contributed by atoms with van der Waals surface area (Å²) < 4.78 is 0. The Bertz CT molecular complexity index is 822. The first kappa shape index (κ1) is 19.1. The molecular weight excluding hydrogens is 342 g/mol. The number of hydrogen-bond acceptors (Lipinski definition) is 4. The number of amides is 2. The molecule has 0 bridgehead atoms. The molecule has 2 aromatic rings. The molecule has 0 aliphatic carbocycles. The number of nitrogens with zero attached hydrogens (tertiary/aromatic N) is 1. The van der Waals surface area contributed by atoms with Crippen LogP contribution in [-0.2, 0) is 4.79 Å². The number of rotatable bonds is 5. The first-order valence-electron chi connectivity index (χ1n) is 9.18. The molecule has 142 valence electrons. The standard InChI is InChI=1S/C21H25N3O3/c1-15-6-4-7-16(12-15)22-21(27)18-9-2-3-10-19(18)23-20(26)14-24-11-5-8-17(25)13-24/h2-4,6-7,9-10,12,17,25H,5,8,11,13-14H2,1H3,(H,22,27)(H,23,26)/t17-/m0/s1. The topological polar surface area (TPSA) is 81.7 Å². The highest BCUT2D eigenvalue weighted by Gasteiger charge is 2.20. The second kappa shape index (κ2) is 8.79. The fourth-order valence-electron chi connectivity index (χ4n) is 3.28. The van der Waals surface area contributed by atoms with Gasteiger partial charge in [-0.3, -0.25) is 14.5 Å².